The topological polar surface area (TPSA) is 83.6 Å². The molecule has 0 aromatic heterocycles. The van der Waals surface area contributed by atoms with Crippen LogP contribution in [0.4, 0.5) is 4.39 Å². The molecule has 114 valence electrons. The Balaban J connectivity index is 2.16. The Hall–Kier alpha value is -1.66. The van der Waals surface area contributed by atoms with Crippen molar-refractivity contribution in [1.29, 1.82) is 0 Å². The summed E-state index contributed by atoms with van der Waals surface area (Å²) < 4.78 is 13.8. The fourth-order valence-electron chi connectivity index (χ4n) is 2.12. The summed E-state index contributed by atoms with van der Waals surface area (Å²) in [7, 11) is 0. The first-order chi connectivity index (χ1) is 9.90. The number of aliphatic carboxylic acids is 1. The van der Waals surface area contributed by atoms with Crippen molar-refractivity contribution in [3.05, 3.63) is 34.6 Å². The molecule has 0 bridgehead atoms. The Morgan fingerprint density at radius 3 is 2.67 bits per heavy atom. The highest BCUT2D eigenvalue weighted by Crippen LogP contribution is 2.31. The minimum atomic E-state index is -1.14. The predicted molar refractivity (Wildman–Crippen MR) is 75.2 cm³/mol. The Morgan fingerprint density at radius 2 is 2.14 bits per heavy atom. The van der Waals surface area contributed by atoms with E-state index >= 15 is 0 Å². The molecule has 1 fully saturated rings. The standard InChI is InChI=1S/C14H16ClFN2O3/c15-10-2-1-3-11(16)9(10)7-18(8-4-5-8)14(21)12(17)6-13(19)20/h1-3,8,12H,4-7,17H2,(H,19,20). The Bertz CT molecular complexity index is 543. The number of nitrogens with zero attached hydrogens (tertiary/aromatic N) is 1. The van der Waals surface area contributed by atoms with Crippen LogP contribution >= 0.6 is 11.6 Å². The lowest BCUT2D eigenvalue weighted by molar-refractivity contribution is -0.142. The van der Waals surface area contributed by atoms with Crippen LogP contribution in [0.3, 0.4) is 0 Å². The first-order valence-electron chi connectivity index (χ1n) is 6.61. The summed E-state index contributed by atoms with van der Waals surface area (Å²) in [5, 5.41) is 8.95. The second-order valence-corrected chi connectivity index (χ2v) is 5.51. The second kappa shape index (κ2) is 6.41. The molecule has 2 rings (SSSR count). The summed E-state index contributed by atoms with van der Waals surface area (Å²) in [4.78, 5) is 24.3. The summed E-state index contributed by atoms with van der Waals surface area (Å²) in [6, 6.07) is 3.16. The number of hydrogen-bond acceptors (Lipinski definition) is 3. The van der Waals surface area contributed by atoms with Gasteiger partial charge in [0.15, 0.2) is 0 Å². The highest BCUT2D eigenvalue weighted by molar-refractivity contribution is 6.31. The Labute approximate surface area is 126 Å². The van der Waals surface area contributed by atoms with Crippen LogP contribution in [-0.4, -0.2) is 34.0 Å². The van der Waals surface area contributed by atoms with E-state index in [4.69, 9.17) is 22.4 Å². The quantitative estimate of drug-likeness (QED) is 0.838. The molecule has 1 saturated carbocycles. The van der Waals surface area contributed by atoms with E-state index in [2.05, 4.69) is 0 Å². The maximum atomic E-state index is 13.8. The van der Waals surface area contributed by atoms with Gasteiger partial charge < -0.3 is 15.7 Å². The molecule has 3 N–H and O–H groups in total. The van der Waals surface area contributed by atoms with Gasteiger partial charge in [0.1, 0.15) is 5.82 Å². The summed E-state index contributed by atoms with van der Waals surface area (Å²) in [5.41, 5.74) is 5.84. The fourth-order valence-corrected chi connectivity index (χ4v) is 2.34. The van der Waals surface area contributed by atoms with Crippen LogP contribution in [0.25, 0.3) is 0 Å². The molecule has 21 heavy (non-hydrogen) atoms. The van der Waals surface area contributed by atoms with Gasteiger partial charge in [-0.3, -0.25) is 9.59 Å². The lowest BCUT2D eigenvalue weighted by atomic mass is 10.1. The maximum absolute atomic E-state index is 13.8. The predicted octanol–water partition coefficient (Wildman–Crippen LogP) is 1.77. The molecule has 0 saturated heterocycles. The van der Waals surface area contributed by atoms with Crippen LogP contribution in [0, 0.1) is 5.82 Å². The van der Waals surface area contributed by atoms with Crippen molar-refractivity contribution >= 4 is 23.5 Å². The van der Waals surface area contributed by atoms with Crippen molar-refractivity contribution < 1.29 is 19.1 Å². The minimum Gasteiger partial charge on any atom is -0.481 e. The molecule has 1 aliphatic carbocycles. The van der Waals surface area contributed by atoms with Crippen molar-refractivity contribution in [2.75, 3.05) is 0 Å². The van der Waals surface area contributed by atoms with Crippen molar-refractivity contribution in [2.45, 2.75) is 37.9 Å². The largest absolute Gasteiger partial charge is 0.481 e. The number of benzene rings is 1. The van der Waals surface area contributed by atoms with Crippen molar-refractivity contribution in [2.24, 2.45) is 5.73 Å². The van der Waals surface area contributed by atoms with Crippen LogP contribution in [0.5, 0.6) is 0 Å². The van der Waals surface area contributed by atoms with Gasteiger partial charge in [0.25, 0.3) is 0 Å². The second-order valence-electron chi connectivity index (χ2n) is 5.10. The van der Waals surface area contributed by atoms with Gasteiger partial charge in [-0.1, -0.05) is 17.7 Å². The van der Waals surface area contributed by atoms with E-state index in [1.54, 1.807) is 6.07 Å². The molecule has 1 aromatic rings. The van der Waals surface area contributed by atoms with Gasteiger partial charge >= 0.3 is 5.97 Å². The zero-order chi connectivity index (χ0) is 15.6. The number of amides is 1. The molecule has 1 aliphatic rings. The van der Waals surface area contributed by atoms with Crippen molar-refractivity contribution in [3.63, 3.8) is 0 Å². The summed E-state index contributed by atoms with van der Waals surface area (Å²) in [6.07, 6.45) is 1.16. The van der Waals surface area contributed by atoms with Crippen LogP contribution in [-0.2, 0) is 16.1 Å². The third kappa shape index (κ3) is 3.92. The number of carbonyl (C=O) groups is 2. The molecular formula is C14H16ClFN2O3. The highest BCUT2D eigenvalue weighted by Gasteiger charge is 2.36. The number of nitrogens with two attached hydrogens (primary N) is 1. The molecule has 1 atom stereocenters. The molecule has 1 aromatic carbocycles. The average molecular weight is 315 g/mol. The fraction of sp³-hybridized carbons (Fsp3) is 0.429. The average Bonchev–Trinajstić information content (AvgIpc) is 3.21. The molecule has 1 unspecified atom stereocenters. The maximum Gasteiger partial charge on any atom is 0.305 e. The van der Waals surface area contributed by atoms with Crippen LogP contribution in [0.1, 0.15) is 24.8 Å². The first kappa shape index (κ1) is 15.7. The van der Waals surface area contributed by atoms with E-state index in [1.165, 1.54) is 17.0 Å². The SMILES string of the molecule is NC(CC(=O)O)C(=O)N(Cc1c(F)cccc1Cl)C1CC1. The number of carbonyl (C=O) groups excluding carboxylic acids is 1. The molecule has 0 heterocycles. The van der Waals surface area contributed by atoms with Gasteiger partial charge in [-0.25, -0.2) is 4.39 Å². The summed E-state index contributed by atoms with van der Waals surface area (Å²) in [6.45, 7) is 0.00231. The molecule has 0 spiro atoms. The van der Waals surface area contributed by atoms with Crippen LogP contribution in [0.15, 0.2) is 18.2 Å². The summed E-state index contributed by atoms with van der Waals surface area (Å²) in [5.74, 6) is -2.12. The van der Waals surface area contributed by atoms with E-state index in [9.17, 15) is 14.0 Å². The first-order valence-corrected chi connectivity index (χ1v) is 6.98. The zero-order valence-corrected chi connectivity index (χ0v) is 12.0. The third-order valence-corrected chi connectivity index (χ3v) is 3.73. The van der Waals surface area contributed by atoms with E-state index in [-0.39, 0.29) is 23.2 Å². The smallest absolute Gasteiger partial charge is 0.305 e. The Morgan fingerprint density at radius 1 is 1.48 bits per heavy atom. The van der Waals surface area contributed by atoms with E-state index in [0.29, 0.717) is 0 Å². The van der Waals surface area contributed by atoms with E-state index in [0.717, 1.165) is 12.8 Å². The molecule has 0 radical (unpaired) electrons. The van der Waals surface area contributed by atoms with Crippen molar-refractivity contribution in [1.82, 2.24) is 4.90 Å². The summed E-state index contributed by atoms with van der Waals surface area (Å²) >= 11 is 5.96. The van der Waals surface area contributed by atoms with Gasteiger partial charge in [-0.05, 0) is 25.0 Å². The van der Waals surface area contributed by atoms with Crippen LogP contribution < -0.4 is 5.73 Å². The lowest BCUT2D eigenvalue weighted by Crippen LogP contribution is -2.45. The number of hydrogen-bond donors (Lipinski definition) is 2. The minimum absolute atomic E-state index is 0.00231. The van der Waals surface area contributed by atoms with E-state index in [1.807, 2.05) is 0 Å². The number of carboxylic acids is 1. The zero-order valence-electron chi connectivity index (χ0n) is 11.3. The Kier molecular flexibility index (Phi) is 4.80. The third-order valence-electron chi connectivity index (χ3n) is 3.37. The van der Waals surface area contributed by atoms with Gasteiger partial charge in [0.05, 0.1) is 19.0 Å². The number of rotatable bonds is 6. The number of carboxylic acid groups (broad SMARTS) is 1. The van der Waals surface area contributed by atoms with Gasteiger partial charge in [-0.2, -0.15) is 0 Å². The molecule has 0 aliphatic heterocycles. The van der Waals surface area contributed by atoms with E-state index < -0.39 is 30.2 Å². The molecule has 1 amide bonds. The highest BCUT2D eigenvalue weighted by atomic mass is 35.5. The van der Waals surface area contributed by atoms with Crippen LogP contribution in [0.2, 0.25) is 5.02 Å². The van der Waals surface area contributed by atoms with Gasteiger partial charge in [-0.15, -0.1) is 0 Å². The van der Waals surface area contributed by atoms with Gasteiger partial charge in [0, 0.05) is 16.6 Å². The molecule has 5 nitrogen and oxygen atoms in total. The number of halogens is 2. The monoisotopic (exact) mass is 314 g/mol. The van der Waals surface area contributed by atoms with Crippen molar-refractivity contribution in [3.8, 4) is 0 Å². The lowest BCUT2D eigenvalue weighted by Gasteiger charge is -2.25. The molecule has 7 heteroatoms. The normalized spacial score (nSPS) is 15.6. The molecular weight excluding hydrogens is 299 g/mol. The van der Waals surface area contributed by atoms with Gasteiger partial charge in [0.2, 0.25) is 5.91 Å².